The Balaban J connectivity index is 2.08. The zero-order chi connectivity index (χ0) is 13.7. The Morgan fingerprint density at radius 1 is 1.37 bits per heavy atom. The van der Waals surface area contributed by atoms with Gasteiger partial charge in [-0.3, -0.25) is 0 Å². The third-order valence-electron chi connectivity index (χ3n) is 4.41. The summed E-state index contributed by atoms with van der Waals surface area (Å²) in [4.78, 5) is 0. The fraction of sp³-hybridized carbons (Fsp3) is 0.625. The number of ether oxygens (including phenoxy) is 1. The highest BCUT2D eigenvalue weighted by atomic mass is 16.5. The maximum absolute atomic E-state index is 6.07. The average Bonchev–Trinajstić information content (AvgIpc) is 2.48. The van der Waals surface area contributed by atoms with Gasteiger partial charge < -0.3 is 15.8 Å². The molecule has 1 aromatic rings. The van der Waals surface area contributed by atoms with Crippen molar-refractivity contribution in [3.63, 3.8) is 0 Å². The Morgan fingerprint density at radius 2 is 2.11 bits per heavy atom. The molecule has 106 valence electrons. The Labute approximate surface area is 116 Å². The Hall–Kier alpha value is -1.22. The highest BCUT2D eigenvalue weighted by Crippen LogP contribution is 2.36. The van der Waals surface area contributed by atoms with Crippen molar-refractivity contribution in [2.75, 3.05) is 19.0 Å². The van der Waals surface area contributed by atoms with Crippen LogP contribution in [-0.2, 0) is 0 Å². The van der Waals surface area contributed by atoms with Gasteiger partial charge in [0.2, 0.25) is 0 Å². The highest BCUT2D eigenvalue weighted by molar-refractivity contribution is 5.48. The number of methoxy groups -OCH3 is 1. The van der Waals surface area contributed by atoms with E-state index in [0.29, 0.717) is 6.54 Å². The molecule has 0 heterocycles. The van der Waals surface area contributed by atoms with Crippen molar-refractivity contribution < 1.29 is 4.74 Å². The molecule has 3 N–H and O–H groups in total. The molecule has 0 aromatic heterocycles. The lowest BCUT2D eigenvalue weighted by atomic mass is 9.74. The predicted octanol–water partition coefficient (Wildman–Crippen LogP) is 3.40. The quantitative estimate of drug-likeness (QED) is 0.855. The van der Waals surface area contributed by atoms with Crippen molar-refractivity contribution in [1.82, 2.24) is 0 Å². The minimum absolute atomic E-state index is 0.0769. The molecule has 0 amide bonds. The maximum atomic E-state index is 6.07. The second kappa shape index (κ2) is 6.29. The Kier molecular flexibility index (Phi) is 4.70. The molecule has 0 bridgehead atoms. The van der Waals surface area contributed by atoms with E-state index in [1.165, 1.54) is 32.1 Å². The number of rotatable bonds is 5. The van der Waals surface area contributed by atoms with Crippen LogP contribution in [0.15, 0.2) is 24.3 Å². The summed E-state index contributed by atoms with van der Waals surface area (Å²) < 4.78 is 5.19. The van der Waals surface area contributed by atoms with Crippen LogP contribution in [-0.4, -0.2) is 19.2 Å². The molecule has 0 radical (unpaired) electrons. The van der Waals surface area contributed by atoms with Gasteiger partial charge in [-0.15, -0.1) is 0 Å². The van der Waals surface area contributed by atoms with Crippen molar-refractivity contribution in [2.24, 2.45) is 11.7 Å². The summed E-state index contributed by atoms with van der Waals surface area (Å²) in [6.07, 6.45) is 6.24. The van der Waals surface area contributed by atoms with E-state index in [2.05, 4.69) is 24.4 Å². The molecule has 1 saturated carbocycles. The molecule has 0 saturated heterocycles. The second-order valence-corrected chi connectivity index (χ2v) is 5.71. The maximum Gasteiger partial charge on any atom is 0.119 e. The summed E-state index contributed by atoms with van der Waals surface area (Å²) >= 11 is 0. The van der Waals surface area contributed by atoms with Gasteiger partial charge in [0.15, 0.2) is 0 Å². The summed E-state index contributed by atoms with van der Waals surface area (Å²) in [5.41, 5.74) is 7.29. The lowest BCUT2D eigenvalue weighted by Gasteiger charge is -2.41. The molecule has 3 nitrogen and oxygen atoms in total. The van der Waals surface area contributed by atoms with Crippen molar-refractivity contribution >= 4 is 5.69 Å². The first-order chi connectivity index (χ1) is 9.21. The zero-order valence-corrected chi connectivity index (χ0v) is 12.1. The Morgan fingerprint density at radius 3 is 2.68 bits per heavy atom. The third kappa shape index (κ3) is 3.41. The monoisotopic (exact) mass is 262 g/mol. The van der Waals surface area contributed by atoms with Crippen LogP contribution in [0.2, 0.25) is 0 Å². The molecule has 2 unspecified atom stereocenters. The molecule has 2 atom stereocenters. The zero-order valence-electron chi connectivity index (χ0n) is 12.1. The molecule has 2 rings (SSSR count). The van der Waals surface area contributed by atoms with Crippen molar-refractivity contribution in [3.05, 3.63) is 24.3 Å². The third-order valence-corrected chi connectivity index (χ3v) is 4.41. The van der Waals surface area contributed by atoms with Crippen LogP contribution in [0, 0.1) is 5.92 Å². The summed E-state index contributed by atoms with van der Waals surface area (Å²) in [7, 11) is 1.69. The van der Waals surface area contributed by atoms with Gasteiger partial charge in [-0.25, -0.2) is 0 Å². The van der Waals surface area contributed by atoms with Crippen LogP contribution in [0.5, 0.6) is 5.75 Å². The predicted molar refractivity (Wildman–Crippen MR) is 80.7 cm³/mol. The fourth-order valence-corrected chi connectivity index (χ4v) is 3.16. The van der Waals surface area contributed by atoms with Crippen LogP contribution in [0.1, 0.15) is 39.0 Å². The van der Waals surface area contributed by atoms with E-state index >= 15 is 0 Å². The fourth-order valence-electron chi connectivity index (χ4n) is 3.16. The molecule has 3 heteroatoms. The van der Waals surface area contributed by atoms with E-state index in [0.717, 1.165) is 17.4 Å². The second-order valence-electron chi connectivity index (χ2n) is 5.71. The van der Waals surface area contributed by atoms with Gasteiger partial charge in [0, 0.05) is 17.8 Å². The SMILES string of the molecule is CCC1CCCC(CN)(Nc2ccc(OC)cc2)C1. The number of hydrogen-bond donors (Lipinski definition) is 2. The van der Waals surface area contributed by atoms with Gasteiger partial charge in [-0.2, -0.15) is 0 Å². The van der Waals surface area contributed by atoms with Crippen molar-refractivity contribution in [1.29, 1.82) is 0 Å². The van der Waals surface area contributed by atoms with E-state index in [9.17, 15) is 0 Å². The standard InChI is InChI=1S/C16H26N2O/c1-3-13-5-4-10-16(11-13,12-17)18-14-6-8-15(19-2)9-7-14/h6-9,13,18H,3-5,10-12,17H2,1-2H3. The number of benzene rings is 1. The normalized spacial score (nSPS) is 27.0. The topological polar surface area (TPSA) is 47.3 Å². The molecule has 1 aliphatic carbocycles. The van der Waals surface area contributed by atoms with Crippen molar-refractivity contribution in [2.45, 2.75) is 44.6 Å². The minimum Gasteiger partial charge on any atom is -0.497 e. The molecular formula is C16H26N2O. The molecule has 0 spiro atoms. The molecule has 19 heavy (non-hydrogen) atoms. The minimum atomic E-state index is 0.0769. The van der Waals surface area contributed by atoms with Gasteiger partial charge in [-0.1, -0.05) is 26.2 Å². The number of hydrogen-bond acceptors (Lipinski definition) is 3. The molecule has 1 fully saturated rings. The van der Waals surface area contributed by atoms with Crippen LogP contribution < -0.4 is 15.8 Å². The van der Waals surface area contributed by atoms with Crippen LogP contribution in [0.4, 0.5) is 5.69 Å². The first kappa shape index (κ1) is 14.2. The van der Waals surface area contributed by atoms with E-state index in [-0.39, 0.29) is 5.54 Å². The molecule has 1 aromatic carbocycles. The Bertz CT molecular complexity index is 390. The van der Waals surface area contributed by atoms with E-state index < -0.39 is 0 Å². The molecule has 1 aliphatic rings. The number of anilines is 1. The molecule has 0 aliphatic heterocycles. The van der Waals surface area contributed by atoms with Crippen LogP contribution in [0.25, 0.3) is 0 Å². The van der Waals surface area contributed by atoms with Gasteiger partial charge in [0.1, 0.15) is 5.75 Å². The first-order valence-electron chi connectivity index (χ1n) is 7.33. The smallest absolute Gasteiger partial charge is 0.119 e. The lowest BCUT2D eigenvalue weighted by molar-refractivity contribution is 0.244. The summed E-state index contributed by atoms with van der Waals surface area (Å²) in [5, 5.41) is 3.68. The summed E-state index contributed by atoms with van der Waals surface area (Å²) in [5.74, 6) is 1.70. The summed E-state index contributed by atoms with van der Waals surface area (Å²) in [6.45, 7) is 2.99. The van der Waals surface area contributed by atoms with E-state index in [4.69, 9.17) is 10.5 Å². The molecular weight excluding hydrogens is 236 g/mol. The van der Waals surface area contributed by atoms with Gasteiger partial charge in [0.25, 0.3) is 0 Å². The van der Waals surface area contributed by atoms with Gasteiger partial charge >= 0.3 is 0 Å². The van der Waals surface area contributed by atoms with Crippen molar-refractivity contribution in [3.8, 4) is 5.75 Å². The summed E-state index contributed by atoms with van der Waals surface area (Å²) in [6, 6.07) is 8.14. The van der Waals surface area contributed by atoms with Gasteiger partial charge in [-0.05, 0) is 43.0 Å². The number of nitrogens with two attached hydrogens (primary N) is 1. The first-order valence-corrected chi connectivity index (χ1v) is 7.33. The van der Waals surface area contributed by atoms with Crippen LogP contribution >= 0.6 is 0 Å². The van der Waals surface area contributed by atoms with E-state index in [1.807, 2.05) is 12.1 Å². The largest absolute Gasteiger partial charge is 0.497 e. The highest BCUT2D eigenvalue weighted by Gasteiger charge is 2.34. The van der Waals surface area contributed by atoms with E-state index in [1.54, 1.807) is 7.11 Å². The average molecular weight is 262 g/mol. The number of nitrogens with one attached hydrogen (secondary N) is 1. The van der Waals surface area contributed by atoms with Crippen LogP contribution in [0.3, 0.4) is 0 Å². The lowest BCUT2D eigenvalue weighted by Crippen LogP contribution is -2.49. The van der Waals surface area contributed by atoms with Gasteiger partial charge in [0.05, 0.1) is 7.11 Å².